The van der Waals surface area contributed by atoms with Crippen LogP contribution in [0.2, 0.25) is 0 Å². The molecule has 5 nitrogen and oxygen atoms in total. The van der Waals surface area contributed by atoms with Crippen molar-refractivity contribution in [3.8, 4) is 5.75 Å². The molecule has 2 heterocycles. The number of benzene rings is 3. The van der Waals surface area contributed by atoms with E-state index in [2.05, 4.69) is 0 Å². The van der Waals surface area contributed by atoms with Gasteiger partial charge in [0.05, 0.1) is 23.6 Å². The first kappa shape index (κ1) is 19.9. The smallest absolute Gasteiger partial charge is 0.295 e. The number of fused-ring (bicyclic) bond motifs is 2. The van der Waals surface area contributed by atoms with Gasteiger partial charge in [0, 0.05) is 5.69 Å². The molecule has 160 valence electrons. The van der Waals surface area contributed by atoms with Gasteiger partial charge >= 0.3 is 0 Å². The van der Waals surface area contributed by atoms with E-state index in [1.54, 1.807) is 24.3 Å². The molecule has 3 aromatic carbocycles. The zero-order chi connectivity index (χ0) is 22.4. The Kier molecular flexibility index (Phi) is 4.74. The maximum Gasteiger partial charge on any atom is 0.295 e. The van der Waals surface area contributed by atoms with E-state index in [9.17, 15) is 18.4 Å². The molecule has 1 aliphatic heterocycles. The Morgan fingerprint density at radius 3 is 2.47 bits per heavy atom. The number of nitrogens with zero attached hydrogens (tertiary/aromatic N) is 1. The molecule has 0 bridgehead atoms. The van der Waals surface area contributed by atoms with Crippen LogP contribution in [0.1, 0.15) is 34.6 Å². The van der Waals surface area contributed by atoms with Crippen molar-refractivity contribution >= 4 is 22.6 Å². The predicted octanol–water partition coefficient (Wildman–Crippen LogP) is 5.22. The van der Waals surface area contributed by atoms with Gasteiger partial charge in [-0.1, -0.05) is 12.1 Å². The molecule has 1 aliphatic rings. The lowest BCUT2D eigenvalue weighted by Crippen LogP contribution is -2.29. The van der Waals surface area contributed by atoms with E-state index in [0.29, 0.717) is 23.6 Å². The van der Waals surface area contributed by atoms with Crippen LogP contribution in [0.5, 0.6) is 5.75 Å². The summed E-state index contributed by atoms with van der Waals surface area (Å²) in [4.78, 5) is 28.3. The number of hydrogen-bond acceptors (Lipinski definition) is 4. The molecule has 1 amide bonds. The average molecular weight is 433 g/mol. The van der Waals surface area contributed by atoms with Crippen LogP contribution in [-0.2, 0) is 0 Å². The van der Waals surface area contributed by atoms with Crippen LogP contribution < -0.4 is 15.1 Å². The Bertz CT molecular complexity index is 1410. The van der Waals surface area contributed by atoms with Crippen molar-refractivity contribution < 1.29 is 22.7 Å². The Hall–Kier alpha value is -4.00. The molecule has 1 atom stereocenters. The molecule has 0 radical (unpaired) electrons. The molecule has 0 saturated heterocycles. The number of carbonyl (C=O) groups is 1. The number of halogens is 2. The Balaban J connectivity index is 1.79. The Morgan fingerprint density at radius 1 is 0.969 bits per heavy atom. The SMILES string of the molecule is CCOc1cccc(C2c3c(oc4ccc(F)cc4c3=O)C(=O)N2c2ccc(F)cc2)c1. The standard InChI is InChI=1S/C25H17F2NO4/c1-2-31-18-5-3-4-14(12-18)22-21-23(29)19-13-16(27)8-11-20(19)32-24(21)25(30)28(22)17-9-6-15(26)7-10-17/h3-13,22H,2H2,1H3. The summed E-state index contributed by atoms with van der Waals surface area (Å²) in [7, 11) is 0. The summed E-state index contributed by atoms with van der Waals surface area (Å²) in [5.74, 6) is -1.13. The molecule has 0 saturated carbocycles. The summed E-state index contributed by atoms with van der Waals surface area (Å²) in [6.07, 6.45) is 0. The van der Waals surface area contributed by atoms with Crippen LogP contribution in [-0.4, -0.2) is 12.5 Å². The molecular weight excluding hydrogens is 416 g/mol. The first-order chi connectivity index (χ1) is 15.5. The van der Waals surface area contributed by atoms with Crippen molar-refractivity contribution in [1.82, 2.24) is 0 Å². The van der Waals surface area contributed by atoms with E-state index in [4.69, 9.17) is 9.15 Å². The van der Waals surface area contributed by atoms with Crippen molar-refractivity contribution in [3.05, 3.63) is 105 Å². The molecule has 0 aliphatic carbocycles. The molecule has 0 spiro atoms. The lowest BCUT2D eigenvalue weighted by atomic mass is 9.98. The second kappa shape index (κ2) is 7.60. The van der Waals surface area contributed by atoms with Crippen molar-refractivity contribution in [1.29, 1.82) is 0 Å². The normalized spacial score (nSPS) is 15.3. The summed E-state index contributed by atoms with van der Waals surface area (Å²) < 4.78 is 38.8. The zero-order valence-corrected chi connectivity index (χ0v) is 17.0. The van der Waals surface area contributed by atoms with Gasteiger partial charge in [-0.3, -0.25) is 14.5 Å². The summed E-state index contributed by atoms with van der Waals surface area (Å²) >= 11 is 0. The molecule has 0 fully saturated rings. The maximum absolute atomic E-state index is 13.9. The molecular formula is C25H17F2NO4. The fraction of sp³-hybridized carbons (Fsp3) is 0.120. The van der Waals surface area contributed by atoms with Crippen molar-refractivity contribution in [2.45, 2.75) is 13.0 Å². The lowest BCUT2D eigenvalue weighted by Gasteiger charge is -2.25. The predicted molar refractivity (Wildman–Crippen MR) is 115 cm³/mol. The fourth-order valence-corrected chi connectivity index (χ4v) is 4.07. The monoisotopic (exact) mass is 433 g/mol. The van der Waals surface area contributed by atoms with Gasteiger partial charge in [-0.2, -0.15) is 0 Å². The van der Waals surface area contributed by atoms with E-state index >= 15 is 0 Å². The molecule has 5 rings (SSSR count). The summed E-state index contributed by atoms with van der Waals surface area (Å²) in [6.45, 7) is 2.29. The van der Waals surface area contributed by atoms with E-state index in [1.165, 1.54) is 35.2 Å². The molecule has 4 aromatic rings. The first-order valence-corrected chi connectivity index (χ1v) is 10.1. The Morgan fingerprint density at radius 2 is 1.72 bits per heavy atom. The van der Waals surface area contributed by atoms with E-state index in [-0.39, 0.29) is 22.3 Å². The molecule has 1 unspecified atom stereocenters. The third kappa shape index (κ3) is 3.13. The summed E-state index contributed by atoms with van der Waals surface area (Å²) in [6, 6.07) is 15.2. The highest BCUT2D eigenvalue weighted by Crippen LogP contribution is 2.41. The molecule has 7 heteroatoms. The maximum atomic E-state index is 13.9. The van der Waals surface area contributed by atoms with Gasteiger partial charge in [0.25, 0.3) is 5.91 Å². The minimum Gasteiger partial charge on any atom is -0.494 e. The van der Waals surface area contributed by atoms with E-state index < -0.39 is 29.0 Å². The minimum absolute atomic E-state index is 0.0449. The number of carbonyl (C=O) groups excluding carboxylic acids is 1. The van der Waals surface area contributed by atoms with Gasteiger partial charge in [-0.05, 0) is 67.1 Å². The van der Waals surface area contributed by atoms with E-state index in [0.717, 1.165) is 12.1 Å². The van der Waals surface area contributed by atoms with Gasteiger partial charge in [-0.15, -0.1) is 0 Å². The summed E-state index contributed by atoms with van der Waals surface area (Å²) in [5, 5.41) is 0.0449. The number of ether oxygens (including phenoxy) is 1. The van der Waals surface area contributed by atoms with Gasteiger partial charge in [0.15, 0.2) is 5.43 Å². The topological polar surface area (TPSA) is 59.8 Å². The second-order valence-electron chi connectivity index (χ2n) is 7.37. The molecule has 32 heavy (non-hydrogen) atoms. The average Bonchev–Trinajstić information content (AvgIpc) is 3.08. The second-order valence-corrected chi connectivity index (χ2v) is 7.37. The fourth-order valence-electron chi connectivity index (χ4n) is 4.07. The van der Waals surface area contributed by atoms with E-state index in [1.807, 2.05) is 6.92 Å². The van der Waals surface area contributed by atoms with Gasteiger partial charge in [0.1, 0.15) is 23.0 Å². The molecule has 0 N–H and O–H groups in total. The van der Waals surface area contributed by atoms with Crippen LogP contribution in [0, 0.1) is 11.6 Å². The Labute approximate surface area is 181 Å². The van der Waals surface area contributed by atoms with Crippen LogP contribution in [0.25, 0.3) is 11.0 Å². The molecule has 1 aromatic heterocycles. The first-order valence-electron chi connectivity index (χ1n) is 10.1. The largest absolute Gasteiger partial charge is 0.494 e. The van der Waals surface area contributed by atoms with Gasteiger partial charge in [-0.25, -0.2) is 8.78 Å². The third-order valence-corrected chi connectivity index (χ3v) is 5.42. The highest BCUT2D eigenvalue weighted by Gasteiger charge is 2.43. The summed E-state index contributed by atoms with van der Waals surface area (Å²) in [5.41, 5.74) is 0.725. The number of rotatable bonds is 4. The van der Waals surface area contributed by atoms with Crippen molar-refractivity contribution in [2.75, 3.05) is 11.5 Å². The third-order valence-electron chi connectivity index (χ3n) is 5.42. The number of anilines is 1. The van der Waals surface area contributed by atoms with Gasteiger partial charge < -0.3 is 9.15 Å². The van der Waals surface area contributed by atoms with Crippen LogP contribution >= 0.6 is 0 Å². The highest BCUT2D eigenvalue weighted by molar-refractivity contribution is 6.10. The minimum atomic E-state index is -0.854. The number of amides is 1. The van der Waals surface area contributed by atoms with Crippen molar-refractivity contribution in [2.24, 2.45) is 0 Å². The van der Waals surface area contributed by atoms with Crippen LogP contribution in [0.3, 0.4) is 0 Å². The van der Waals surface area contributed by atoms with Crippen LogP contribution in [0.15, 0.2) is 75.9 Å². The zero-order valence-electron chi connectivity index (χ0n) is 17.0. The van der Waals surface area contributed by atoms with Crippen LogP contribution in [0.4, 0.5) is 14.5 Å². The van der Waals surface area contributed by atoms with Gasteiger partial charge in [0.2, 0.25) is 5.76 Å². The number of hydrogen-bond donors (Lipinski definition) is 0. The lowest BCUT2D eigenvalue weighted by molar-refractivity contribution is 0.0971. The quantitative estimate of drug-likeness (QED) is 0.443. The highest BCUT2D eigenvalue weighted by atomic mass is 19.1. The van der Waals surface area contributed by atoms with Crippen molar-refractivity contribution in [3.63, 3.8) is 0 Å².